The maximum Gasteiger partial charge on any atom is 0.213 e. The molecule has 2 aromatic heterocycles. The lowest BCUT2D eigenvalue weighted by Gasteiger charge is -2.20. The van der Waals surface area contributed by atoms with Crippen molar-refractivity contribution >= 4 is 22.6 Å². The third-order valence-corrected chi connectivity index (χ3v) is 6.18. The maximum atomic E-state index is 11.7. The van der Waals surface area contributed by atoms with Gasteiger partial charge >= 0.3 is 0 Å². The second-order valence-corrected chi connectivity index (χ2v) is 8.10. The molecule has 5 heteroatoms. The van der Waals surface area contributed by atoms with Gasteiger partial charge in [-0.2, -0.15) is 9.61 Å². The van der Waals surface area contributed by atoms with Crippen LogP contribution in [-0.2, 0) is 6.42 Å². The van der Waals surface area contributed by atoms with Crippen LogP contribution in [0.25, 0.3) is 16.2 Å². The van der Waals surface area contributed by atoms with Crippen molar-refractivity contribution in [3.8, 4) is 11.3 Å². The van der Waals surface area contributed by atoms with Gasteiger partial charge in [0.25, 0.3) is 0 Å². The van der Waals surface area contributed by atoms with Crippen LogP contribution in [0.2, 0.25) is 0 Å². The summed E-state index contributed by atoms with van der Waals surface area (Å²) in [6.07, 6.45) is 9.95. The Kier molecular flexibility index (Phi) is 4.66. The summed E-state index contributed by atoms with van der Waals surface area (Å²) < 4.78 is 1.73. The summed E-state index contributed by atoms with van der Waals surface area (Å²) in [5, 5.41) is 5.76. The Hall–Kier alpha value is -2.01. The van der Waals surface area contributed by atoms with E-state index in [1.807, 2.05) is 24.3 Å². The minimum Gasteiger partial charge on any atom is -0.296 e. The van der Waals surface area contributed by atoms with Crippen LogP contribution in [0.3, 0.4) is 0 Å². The fourth-order valence-electron chi connectivity index (χ4n) is 3.74. The van der Waals surface area contributed by atoms with Crippen molar-refractivity contribution in [2.45, 2.75) is 51.9 Å². The van der Waals surface area contributed by atoms with Gasteiger partial charge in [0.2, 0.25) is 4.96 Å². The van der Waals surface area contributed by atoms with E-state index in [1.54, 1.807) is 15.9 Å². The predicted octanol–water partition coefficient (Wildman–Crippen LogP) is 5.09. The Labute approximate surface area is 151 Å². The molecular formula is C20H23N3OS. The van der Waals surface area contributed by atoms with Gasteiger partial charge in [-0.1, -0.05) is 73.3 Å². The number of aldehydes is 1. The number of hydrogen-bond donors (Lipinski definition) is 0. The normalized spacial score (nSPS) is 15.7. The molecule has 0 bridgehead atoms. The Bertz CT molecular complexity index is 872. The molecule has 0 N–H and O–H groups in total. The molecule has 0 radical (unpaired) electrons. The Morgan fingerprint density at radius 3 is 2.68 bits per heavy atom. The van der Waals surface area contributed by atoms with E-state index < -0.39 is 0 Å². The second kappa shape index (κ2) is 7.08. The number of nitrogens with zero attached hydrogens (tertiary/aromatic N) is 3. The van der Waals surface area contributed by atoms with Crippen LogP contribution in [-0.4, -0.2) is 20.9 Å². The largest absolute Gasteiger partial charge is 0.296 e. The molecule has 1 aliphatic rings. The van der Waals surface area contributed by atoms with E-state index in [1.165, 1.54) is 44.1 Å². The highest BCUT2D eigenvalue weighted by molar-refractivity contribution is 7.16. The van der Waals surface area contributed by atoms with Crippen molar-refractivity contribution < 1.29 is 4.79 Å². The van der Waals surface area contributed by atoms with Crippen LogP contribution >= 0.6 is 11.3 Å². The molecule has 1 aromatic carbocycles. The third kappa shape index (κ3) is 3.38. The molecule has 4 rings (SSSR count). The first-order chi connectivity index (χ1) is 12.2. The van der Waals surface area contributed by atoms with Crippen molar-refractivity contribution in [2.24, 2.45) is 5.92 Å². The lowest BCUT2D eigenvalue weighted by Crippen LogP contribution is -2.07. The zero-order valence-corrected chi connectivity index (χ0v) is 15.4. The molecule has 1 aliphatic carbocycles. The monoisotopic (exact) mass is 353 g/mol. The predicted molar refractivity (Wildman–Crippen MR) is 101 cm³/mol. The summed E-state index contributed by atoms with van der Waals surface area (Å²) in [4.78, 5) is 17.2. The number of carbonyl (C=O) groups excluding carboxylic acids is 1. The van der Waals surface area contributed by atoms with Gasteiger partial charge in [-0.15, -0.1) is 0 Å². The minimum absolute atomic E-state index is 0.555. The number of fused-ring (bicyclic) bond motifs is 1. The summed E-state index contributed by atoms with van der Waals surface area (Å²) in [5.74, 6) is 0.846. The van der Waals surface area contributed by atoms with E-state index in [0.29, 0.717) is 5.69 Å². The second-order valence-electron chi connectivity index (χ2n) is 7.06. The van der Waals surface area contributed by atoms with Crippen molar-refractivity contribution in [1.82, 2.24) is 14.6 Å². The van der Waals surface area contributed by atoms with E-state index in [-0.39, 0.29) is 0 Å². The van der Waals surface area contributed by atoms with Gasteiger partial charge < -0.3 is 0 Å². The number of benzene rings is 1. The van der Waals surface area contributed by atoms with Crippen LogP contribution in [0.15, 0.2) is 24.3 Å². The molecular weight excluding hydrogens is 330 g/mol. The van der Waals surface area contributed by atoms with E-state index in [4.69, 9.17) is 0 Å². The van der Waals surface area contributed by atoms with Crippen LogP contribution in [0.1, 0.15) is 59.6 Å². The first-order valence-corrected chi connectivity index (χ1v) is 9.97. The molecule has 25 heavy (non-hydrogen) atoms. The molecule has 2 heterocycles. The first kappa shape index (κ1) is 16.5. The van der Waals surface area contributed by atoms with E-state index >= 15 is 0 Å². The number of hydrogen-bond acceptors (Lipinski definition) is 4. The maximum absolute atomic E-state index is 11.7. The highest BCUT2D eigenvalue weighted by Gasteiger charge is 2.19. The molecule has 1 saturated carbocycles. The standard InChI is InChI=1S/C20H23N3OS/c1-14-7-10-16(11-8-14)19-17(13-24)23-20(21-19)25-18(22-23)12-9-15-5-3-2-4-6-15/h7-8,10-11,13,15H,2-6,9,12H2,1H3. The molecule has 0 amide bonds. The molecule has 1 fully saturated rings. The Balaban J connectivity index is 1.57. The lowest BCUT2D eigenvalue weighted by atomic mass is 9.86. The molecule has 0 aliphatic heterocycles. The van der Waals surface area contributed by atoms with Gasteiger partial charge in [0.1, 0.15) is 16.4 Å². The summed E-state index contributed by atoms with van der Waals surface area (Å²) in [5.41, 5.74) is 3.45. The van der Waals surface area contributed by atoms with E-state index in [9.17, 15) is 4.79 Å². The molecule has 0 atom stereocenters. The average molecular weight is 353 g/mol. The van der Waals surface area contributed by atoms with Crippen molar-refractivity contribution in [2.75, 3.05) is 0 Å². The zero-order chi connectivity index (χ0) is 17.2. The van der Waals surface area contributed by atoms with Gasteiger partial charge in [-0.25, -0.2) is 4.98 Å². The van der Waals surface area contributed by atoms with E-state index in [0.717, 1.165) is 39.9 Å². The molecule has 0 saturated heterocycles. The Morgan fingerprint density at radius 2 is 1.96 bits per heavy atom. The van der Waals surface area contributed by atoms with Crippen LogP contribution < -0.4 is 0 Å². The van der Waals surface area contributed by atoms with Gasteiger partial charge in [-0.05, 0) is 19.3 Å². The summed E-state index contributed by atoms with van der Waals surface area (Å²) in [6.45, 7) is 2.05. The smallest absolute Gasteiger partial charge is 0.213 e. The molecule has 130 valence electrons. The molecule has 0 spiro atoms. The van der Waals surface area contributed by atoms with Gasteiger partial charge in [0, 0.05) is 12.0 Å². The quantitative estimate of drug-likeness (QED) is 0.600. The number of aromatic nitrogens is 3. The summed E-state index contributed by atoms with van der Waals surface area (Å²) in [6, 6.07) is 8.11. The first-order valence-electron chi connectivity index (χ1n) is 9.15. The van der Waals surface area contributed by atoms with Crippen molar-refractivity contribution in [3.63, 3.8) is 0 Å². The summed E-state index contributed by atoms with van der Waals surface area (Å²) >= 11 is 1.62. The summed E-state index contributed by atoms with van der Waals surface area (Å²) in [7, 11) is 0. The number of aryl methyl sites for hydroxylation is 2. The van der Waals surface area contributed by atoms with E-state index in [2.05, 4.69) is 17.0 Å². The molecule has 4 nitrogen and oxygen atoms in total. The lowest BCUT2D eigenvalue weighted by molar-refractivity contribution is 0.111. The van der Waals surface area contributed by atoms with Crippen LogP contribution in [0.4, 0.5) is 0 Å². The number of carbonyl (C=O) groups is 1. The highest BCUT2D eigenvalue weighted by Crippen LogP contribution is 2.30. The van der Waals surface area contributed by atoms with Crippen molar-refractivity contribution in [1.29, 1.82) is 0 Å². The average Bonchev–Trinajstić information content (AvgIpc) is 3.18. The van der Waals surface area contributed by atoms with Crippen LogP contribution in [0, 0.1) is 12.8 Å². The highest BCUT2D eigenvalue weighted by atomic mass is 32.1. The van der Waals surface area contributed by atoms with Crippen molar-refractivity contribution in [3.05, 3.63) is 40.5 Å². The number of rotatable bonds is 5. The fourth-order valence-corrected chi connectivity index (χ4v) is 4.65. The molecule has 3 aromatic rings. The van der Waals surface area contributed by atoms with Gasteiger partial charge in [0.15, 0.2) is 6.29 Å². The SMILES string of the molecule is Cc1ccc(-c2nc3sc(CCC4CCCCC4)nn3c2C=O)cc1. The number of imidazole rings is 1. The van der Waals surface area contributed by atoms with Crippen LogP contribution in [0.5, 0.6) is 0 Å². The zero-order valence-electron chi connectivity index (χ0n) is 14.6. The topological polar surface area (TPSA) is 47.3 Å². The van der Waals surface area contributed by atoms with Gasteiger partial charge in [-0.3, -0.25) is 4.79 Å². The third-order valence-electron chi connectivity index (χ3n) is 5.21. The fraction of sp³-hybridized carbons (Fsp3) is 0.450. The van der Waals surface area contributed by atoms with Gasteiger partial charge in [0.05, 0.1) is 0 Å². The minimum atomic E-state index is 0.555. The molecule has 0 unspecified atom stereocenters. The Morgan fingerprint density at radius 1 is 1.20 bits per heavy atom.